The summed E-state index contributed by atoms with van der Waals surface area (Å²) in [6.07, 6.45) is 5.20. The summed E-state index contributed by atoms with van der Waals surface area (Å²) in [6.45, 7) is 8.53. The van der Waals surface area contributed by atoms with E-state index in [1.54, 1.807) is 4.31 Å². The molecule has 126 valence electrons. The van der Waals surface area contributed by atoms with Crippen molar-refractivity contribution in [3.05, 3.63) is 0 Å². The molecule has 1 fully saturated rings. The lowest BCUT2D eigenvalue weighted by Gasteiger charge is -2.32. The lowest BCUT2D eigenvalue weighted by Crippen LogP contribution is -2.49. The highest BCUT2D eigenvalue weighted by molar-refractivity contribution is 7.87. The Labute approximate surface area is 131 Å². The SMILES string of the molecule is CNCC1CCCN(S(=O)(=O)NC(C)CCCC(C)C)C1. The van der Waals surface area contributed by atoms with Crippen molar-refractivity contribution in [3.63, 3.8) is 0 Å². The van der Waals surface area contributed by atoms with Crippen molar-refractivity contribution < 1.29 is 8.42 Å². The van der Waals surface area contributed by atoms with Crippen molar-refractivity contribution in [1.82, 2.24) is 14.3 Å². The summed E-state index contributed by atoms with van der Waals surface area (Å²) in [5.74, 6) is 1.11. The molecule has 0 radical (unpaired) electrons. The Morgan fingerprint density at radius 1 is 1.24 bits per heavy atom. The highest BCUT2D eigenvalue weighted by atomic mass is 32.2. The standard InChI is InChI=1S/C15H33N3O2S/c1-13(2)7-5-8-14(3)17-21(19,20)18-10-6-9-15(12-18)11-16-4/h13-17H,5-12H2,1-4H3. The van der Waals surface area contributed by atoms with E-state index in [1.165, 1.54) is 0 Å². The van der Waals surface area contributed by atoms with Crippen molar-refractivity contribution >= 4 is 10.2 Å². The van der Waals surface area contributed by atoms with Crippen LogP contribution in [0.4, 0.5) is 0 Å². The average molecular weight is 320 g/mol. The first-order valence-corrected chi connectivity index (χ1v) is 9.71. The quantitative estimate of drug-likeness (QED) is 0.683. The Morgan fingerprint density at radius 2 is 1.95 bits per heavy atom. The first-order chi connectivity index (χ1) is 9.85. The van der Waals surface area contributed by atoms with Gasteiger partial charge in [-0.3, -0.25) is 0 Å². The third kappa shape index (κ3) is 7.08. The number of rotatable bonds is 9. The molecule has 1 saturated heterocycles. The predicted molar refractivity (Wildman–Crippen MR) is 88.4 cm³/mol. The van der Waals surface area contributed by atoms with Gasteiger partial charge in [-0.05, 0) is 51.6 Å². The largest absolute Gasteiger partial charge is 0.319 e. The molecule has 1 aliphatic rings. The Morgan fingerprint density at radius 3 is 2.57 bits per heavy atom. The molecule has 0 saturated carbocycles. The van der Waals surface area contributed by atoms with E-state index < -0.39 is 10.2 Å². The molecule has 5 nitrogen and oxygen atoms in total. The molecule has 1 rings (SSSR count). The van der Waals surface area contributed by atoms with Gasteiger partial charge in [-0.2, -0.15) is 17.4 Å². The molecule has 0 aromatic rings. The average Bonchev–Trinajstić information content (AvgIpc) is 2.38. The van der Waals surface area contributed by atoms with E-state index in [2.05, 4.69) is 23.9 Å². The Hall–Kier alpha value is -0.170. The van der Waals surface area contributed by atoms with E-state index in [1.807, 2.05) is 14.0 Å². The zero-order valence-electron chi connectivity index (χ0n) is 14.1. The maximum Gasteiger partial charge on any atom is 0.279 e. The van der Waals surface area contributed by atoms with Gasteiger partial charge in [-0.25, -0.2) is 0 Å². The molecule has 6 heteroatoms. The van der Waals surface area contributed by atoms with Crippen molar-refractivity contribution in [2.75, 3.05) is 26.7 Å². The van der Waals surface area contributed by atoms with E-state index >= 15 is 0 Å². The van der Waals surface area contributed by atoms with Gasteiger partial charge in [0.25, 0.3) is 10.2 Å². The Bertz CT molecular complexity index is 382. The second-order valence-electron chi connectivity index (χ2n) is 6.77. The number of nitrogens with zero attached hydrogens (tertiary/aromatic N) is 1. The van der Waals surface area contributed by atoms with Gasteiger partial charge in [0.2, 0.25) is 0 Å². The number of piperidine rings is 1. The van der Waals surface area contributed by atoms with Crippen LogP contribution >= 0.6 is 0 Å². The van der Waals surface area contributed by atoms with Crippen LogP contribution in [0.2, 0.25) is 0 Å². The fraction of sp³-hybridized carbons (Fsp3) is 1.00. The summed E-state index contributed by atoms with van der Waals surface area (Å²) in [4.78, 5) is 0. The summed E-state index contributed by atoms with van der Waals surface area (Å²) >= 11 is 0. The maximum absolute atomic E-state index is 12.4. The molecule has 2 atom stereocenters. The predicted octanol–water partition coefficient (Wildman–Crippen LogP) is 1.97. The van der Waals surface area contributed by atoms with Gasteiger partial charge in [0.1, 0.15) is 0 Å². The van der Waals surface area contributed by atoms with E-state index in [0.717, 1.165) is 38.6 Å². The van der Waals surface area contributed by atoms with Gasteiger partial charge in [0.15, 0.2) is 0 Å². The molecular formula is C15H33N3O2S. The molecule has 1 aliphatic heterocycles. The van der Waals surface area contributed by atoms with Crippen LogP contribution in [-0.4, -0.2) is 45.4 Å². The van der Waals surface area contributed by atoms with Crippen LogP contribution in [-0.2, 0) is 10.2 Å². The number of hydrogen-bond donors (Lipinski definition) is 2. The Balaban J connectivity index is 2.44. The molecular weight excluding hydrogens is 286 g/mol. The molecule has 2 N–H and O–H groups in total. The van der Waals surface area contributed by atoms with Crippen LogP contribution in [0.5, 0.6) is 0 Å². The number of nitrogens with one attached hydrogen (secondary N) is 2. The van der Waals surface area contributed by atoms with Crippen LogP contribution in [0, 0.1) is 11.8 Å². The van der Waals surface area contributed by atoms with Crippen molar-refractivity contribution in [3.8, 4) is 0 Å². The molecule has 0 bridgehead atoms. The number of hydrogen-bond acceptors (Lipinski definition) is 3. The minimum absolute atomic E-state index is 0.0124. The zero-order valence-corrected chi connectivity index (χ0v) is 14.9. The molecule has 0 aliphatic carbocycles. The molecule has 0 aromatic carbocycles. The van der Waals surface area contributed by atoms with Gasteiger partial charge in [0.05, 0.1) is 0 Å². The molecule has 0 aromatic heterocycles. The molecule has 1 heterocycles. The molecule has 21 heavy (non-hydrogen) atoms. The monoisotopic (exact) mass is 319 g/mol. The lowest BCUT2D eigenvalue weighted by molar-refractivity contribution is 0.259. The topological polar surface area (TPSA) is 61.4 Å². The van der Waals surface area contributed by atoms with Crippen molar-refractivity contribution in [2.45, 2.75) is 58.9 Å². The summed E-state index contributed by atoms with van der Waals surface area (Å²) in [7, 11) is -1.41. The summed E-state index contributed by atoms with van der Waals surface area (Å²) in [6, 6.07) is 0.0124. The highest BCUT2D eigenvalue weighted by Gasteiger charge is 2.29. The van der Waals surface area contributed by atoms with Crippen LogP contribution in [0.1, 0.15) is 52.9 Å². The minimum Gasteiger partial charge on any atom is -0.319 e. The molecule has 2 unspecified atom stereocenters. The zero-order chi connectivity index (χ0) is 15.9. The van der Waals surface area contributed by atoms with E-state index in [-0.39, 0.29) is 6.04 Å². The van der Waals surface area contributed by atoms with Crippen LogP contribution < -0.4 is 10.0 Å². The van der Waals surface area contributed by atoms with E-state index in [4.69, 9.17) is 0 Å². The van der Waals surface area contributed by atoms with E-state index in [9.17, 15) is 8.42 Å². The highest BCUT2D eigenvalue weighted by Crippen LogP contribution is 2.18. The second kappa shape index (κ2) is 9.08. The second-order valence-corrected chi connectivity index (χ2v) is 8.47. The fourth-order valence-corrected chi connectivity index (χ4v) is 4.47. The van der Waals surface area contributed by atoms with Gasteiger partial charge < -0.3 is 5.32 Å². The minimum atomic E-state index is -3.33. The van der Waals surface area contributed by atoms with Crippen LogP contribution in [0.25, 0.3) is 0 Å². The van der Waals surface area contributed by atoms with Gasteiger partial charge in [-0.15, -0.1) is 0 Å². The van der Waals surface area contributed by atoms with Gasteiger partial charge in [-0.1, -0.05) is 26.7 Å². The molecule has 0 amide bonds. The first-order valence-electron chi connectivity index (χ1n) is 8.27. The summed E-state index contributed by atoms with van der Waals surface area (Å²) in [5.41, 5.74) is 0. The summed E-state index contributed by atoms with van der Waals surface area (Å²) in [5, 5.41) is 3.15. The maximum atomic E-state index is 12.4. The third-order valence-corrected chi connectivity index (χ3v) is 5.79. The van der Waals surface area contributed by atoms with Crippen LogP contribution in [0.15, 0.2) is 0 Å². The fourth-order valence-electron chi connectivity index (χ4n) is 2.92. The summed E-state index contributed by atoms with van der Waals surface area (Å²) < 4.78 is 29.3. The van der Waals surface area contributed by atoms with Crippen LogP contribution in [0.3, 0.4) is 0 Å². The first kappa shape index (κ1) is 18.9. The lowest BCUT2D eigenvalue weighted by atomic mass is 10.00. The molecule has 0 spiro atoms. The Kier molecular flexibility index (Phi) is 8.16. The third-order valence-electron chi connectivity index (χ3n) is 4.08. The smallest absolute Gasteiger partial charge is 0.279 e. The van der Waals surface area contributed by atoms with Gasteiger partial charge in [0, 0.05) is 19.1 Å². The van der Waals surface area contributed by atoms with Gasteiger partial charge >= 0.3 is 0 Å². The van der Waals surface area contributed by atoms with E-state index in [0.29, 0.717) is 24.9 Å². The normalized spacial score (nSPS) is 22.6. The van der Waals surface area contributed by atoms with Crippen molar-refractivity contribution in [1.29, 1.82) is 0 Å². The van der Waals surface area contributed by atoms with Crippen molar-refractivity contribution in [2.24, 2.45) is 11.8 Å².